The third-order valence-electron chi connectivity index (χ3n) is 2.60. The zero-order valence-corrected chi connectivity index (χ0v) is 9.02. The van der Waals surface area contributed by atoms with Crippen LogP contribution in [0.4, 0.5) is 4.39 Å². The molecule has 0 aliphatic rings. The van der Waals surface area contributed by atoms with Crippen molar-refractivity contribution < 1.29 is 4.39 Å². The fourth-order valence-electron chi connectivity index (χ4n) is 1.28. The molecule has 0 aromatic carbocycles. The van der Waals surface area contributed by atoms with E-state index in [1.807, 2.05) is 39.8 Å². The normalized spacial score (nSPS) is 17.0. The molecular formula is C10H22FN. The number of rotatable bonds is 5. The molecule has 0 aromatic rings. The van der Waals surface area contributed by atoms with Crippen LogP contribution in [0.25, 0.3) is 0 Å². The van der Waals surface area contributed by atoms with Gasteiger partial charge in [0.25, 0.3) is 0 Å². The molecule has 12 heavy (non-hydrogen) atoms. The topological polar surface area (TPSA) is 3.24 Å². The van der Waals surface area contributed by atoms with Crippen molar-refractivity contribution in [2.45, 2.75) is 39.3 Å². The molecule has 0 spiro atoms. The summed E-state index contributed by atoms with van der Waals surface area (Å²) < 4.78 is 14.0. The van der Waals surface area contributed by atoms with E-state index in [1.165, 1.54) is 0 Å². The van der Waals surface area contributed by atoms with Crippen molar-refractivity contribution in [2.75, 3.05) is 20.6 Å². The molecule has 0 radical (unpaired) electrons. The van der Waals surface area contributed by atoms with Crippen molar-refractivity contribution in [1.29, 1.82) is 0 Å². The summed E-state index contributed by atoms with van der Waals surface area (Å²) in [7, 11) is 3.97. The second kappa shape index (κ2) is 4.80. The van der Waals surface area contributed by atoms with Gasteiger partial charge in [0.2, 0.25) is 0 Å². The lowest BCUT2D eigenvalue weighted by molar-refractivity contribution is 0.0750. The second-order valence-electron chi connectivity index (χ2n) is 4.10. The quantitative estimate of drug-likeness (QED) is 0.621. The van der Waals surface area contributed by atoms with Crippen LogP contribution in [0.2, 0.25) is 0 Å². The van der Waals surface area contributed by atoms with Gasteiger partial charge in [-0.3, -0.25) is 0 Å². The van der Waals surface area contributed by atoms with Crippen LogP contribution in [-0.4, -0.2) is 31.2 Å². The van der Waals surface area contributed by atoms with Crippen LogP contribution in [-0.2, 0) is 0 Å². The van der Waals surface area contributed by atoms with Gasteiger partial charge < -0.3 is 4.90 Å². The third-order valence-corrected chi connectivity index (χ3v) is 2.60. The van der Waals surface area contributed by atoms with Crippen molar-refractivity contribution in [3.8, 4) is 0 Å². The highest BCUT2D eigenvalue weighted by atomic mass is 19.1. The number of alkyl halides is 1. The van der Waals surface area contributed by atoms with Crippen molar-refractivity contribution in [3.63, 3.8) is 0 Å². The Kier molecular flexibility index (Phi) is 4.76. The molecule has 0 N–H and O–H groups in total. The minimum absolute atomic E-state index is 0.127. The summed E-state index contributed by atoms with van der Waals surface area (Å²) in [6, 6.07) is 0. The minimum Gasteiger partial charge on any atom is -0.309 e. The average molecular weight is 175 g/mol. The molecule has 0 bridgehead atoms. The SMILES string of the molecule is CCC(F)(CCN(C)C)C(C)C. The van der Waals surface area contributed by atoms with Crippen LogP contribution in [0.3, 0.4) is 0 Å². The fraction of sp³-hybridized carbons (Fsp3) is 1.00. The maximum absolute atomic E-state index is 14.0. The molecule has 0 aliphatic heterocycles. The molecule has 1 nitrogen and oxygen atoms in total. The van der Waals surface area contributed by atoms with E-state index in [1.54, 1.807) is 0 Å². The first kappa shape index (κ1) is 11.9. The predicted octanol–water partition coefficient (Wildman–Crippen LogP) is 2.71. The van der Waals surface area contributed by atoms with Crippen LogP contribution >= 0.6 is 0 Å². The summed E-state index contributed by atoms with van der Waals surface area (Å²) in [5, 5.41) is 0. The highest BCUT2D eigenvalue weighted by molar-refractivity contribution is 4.81. The molecule has 1 atom stereocenters. The van der Waals surface area contributed by atoms with E-state index < -0.39 is 5.67 Å². The number of hydrogen-bond acceptors (Lipinski definition) is 1. The van der Waals surface area contributed by atoms with Gasteiger partial charge in [0.05, 0.1) is 0 Å². The summed E-state index contributed by atoms with van der Waals surface area (Å²) in [5.41, 5.74) is -0.968. The summed E-state index contributed by atoms with van der Waals surface area (Å²) in [5.74, 6) is 0.127. The molecule has 0 aliphatic carbocycles. The lowest BCUT2D eigenvalue weighted by Crippen LogP contribution is -2.33. The monoisotopic (exact) mass is 175 g/mol. The Morgan fingerprint density at radius 2 is 1.83 bits per heavy atom. The Labute approximate surface area is 75.9 Å². The molecular weight excluding hydrogens is 153 g/mol. The first-order chi connectivity index (χ1) is 5.42. The van der Waals surface area contributed by atoms with Gasteiger partial charge in [0, 0.05) is 6.54 Å². The smallest absolute Gasteiger partial charge is 0.114 e. The van der Waals surface area contributed by atoms with Gasteiger partial charge in [0.1, 0.15) is 5.67 Å². The molecule has 0 rings (SSSR count). The molecule has 0 fully saturated rings. The van der Waals surface area contributed by atoms with Crippen LogP contribution in [0.15, 0.2) is 0 Å². The average Bonchev–Trinajstić information content (AvgIpc) is 1.99. The van der Waals surface area contributed by atoms with Gasteiger partial charge in [-0.05, 0) is 32.9 Å². The van der Waals surface area contributed by atoms with Crippen LogP contribution in [0.5, 0.6) is 0 Å². The lowest BCUT2D eigenvalue weighted by atomic mass is 9.86. The van der Waals surface area contributed by atoms with Gasteiger partial charge in [0.15, 0.2) is 0 Å². The van der Waals surface area contributed by atoms with Gasteiger partial charge in [-0.1, -0.05) is 20.8 Å². The minimum atomic E-state index is -0.968. The largest absolute Gasteiger partial charge is 0.309 e. The first-order valence-electron chi connectivity index (χ1n) is 4.76. The third kappa shape index (κ3) is 3.53. The molecule has 0 saturated heterocycles. The Morgan fingerprint density at radius 3 is 2.08 bits per heavy atom. The van der Waals surface area contributed by atoms with E-state index in [0.717, 1.165) is 6.54 Å². The Hall–Kier alpha value is -0.110. The van der Waals surface area contributed by atoms with Crippen LogP contribution in [0.1, 0.15) is 33.6 Å². The van der Waals surface area contributed by atoms with Crippen molar-refractivity contribution >= 4 is 0 Å². The molecule has 1 unspecified atom stereocenters. The molecule has 0 aromatic heterocycles. The Morgan fingerprint density at radius 1 is 1.33 bits per heavy atom. The predicted molar refractivity (Wildman–Crippen MR) is 52.1 cm³/mol. The molecule has 0 amide bonds. The van der Waals surface area contributed by atoms with Gasteiger partial charge in [-0.2, -0.15) is 0 Å². The highest BCUT2D eigenvalue weighted by Gasteiger charge is 2.30. The maximum atomic E-state index is 14.0. The van der Waals surface area contributed by atoms with Crippen molar-refractivity contribution in [2.24, 2.45) is 5.92 Å². The summed E-state index contributed by atoms with van der Waals surface area (Å²) >= 11 is 0. The Bertz CT molecular complexity index is 123. The van der Waals surface area contributed by atoms with E-state index in [4.69, 9.17) is 0 Å². The van der Waals surface area contributed by atoms with Gasteiger partial charge in [-0.25, -0.2) is 4.39 Å². The van der Waals surface area contributed by atoms with E-state index in [0.29, 0.717) is 12.8 Å². The standard InChI is InChI=1S/C10H22FN/c1-6-10(11,9(2)3)7-8-12(4)5/h9H,6-8H2,1-5H3. The summed E-state index contributed by atoms with van der Waals surface area (Å²) in [6.07, 6.45) is 1.27. The number of hydrogen-bond donors (Lipinski definition) is 0. The summed E-state index contributed by atoms with van der Waals surface area (Å²) in [4.78, 5) is 2.03. The van der Waals surface area contributed by atoms with Gasteiger partial charge >= 0.3 is 0 Å². The lowest BCUT2D eigenvalue weighted by Gasteiger charge is -2.29. The molecule has 2 heteroatoms. The van der Waals surface area contributed by atoms with Crippen molar-refractivity contribution in [3.05, 3.63) is 0 Å². The zero-order chi connectivity index (χ0) is 9.78. The number of halogens is 1. The van der Waals surface area contributed by atoms with Crippen molar-refractivity contribution in [1.82, 2.24) is 4.90 Å². The van der Waals surface area contributed by atoms with E-state index >= 15 is 0 Å². The maximum Gasteiger partial charge on any atom is 0.114 e. The zero-order valence-electron chi connectivity index (χ0n) is 9.02. The molecule has 74 valence electrons. The van der Waals surface area contributed by atoms with E-state index in [-0.39, 0.29) is 5.92 Å². The Balaban J connectivity index is 3.97. The molecule has 0 saturated carbocycles. The fourth-order valence-corrected chi connectivity index (χ4v) is 1.28. The molecule has 0 heterocycles. The number of nitrogens with zero attached hydrogens (tertiary/aromatic N) is 1. The van der Waals surface area contributed by atoms with E-state index in [9.17, 15) is 4.39 Å². The van der Waals surface area contributed by atoms with E-state index in [2.05, 4.69) is 0 Å². The highest BCUT2D eigenvalue weighted by Crippen LogP contribution is 2.29. The second-order valence-corrected chi connectivity index (χ2v) is 4.10. The van der Waals surface area contributed by atoms with Crippen LogP contribution in [0, 0.1) is 5.92 Å². The van der Waals surface area contributed by atoms with Crippen LogP contribution < -0.4 is 0 Å². The first-order valence-corrected chi connectivity index (χ1v) is 4.76. The van der Waals surface area contributed by atoms with Gasteiger partial charge in [-0.15, -0.1) is 0 Å². The summed E-state index contributed by atoms with van der Waals surface area (Å²) in [6.45, 7) is 6.68.